The Morgan fingerprint density at radius 1 is 0.963 bits per heavy atom. The number of rotatable bonds is 12. The van der Waals surface area contributed by atoms with Crippen LogP contribution in [-0.2, 0) is 53.3 Å². The highest BCUT2D eigenvalue weighted by molar-refractivity contribution is 7.81. The van der Waals surface area contributed by atoms with Crippen molar-refractivity contribution in [2.24, 2.45) is 0 Å². The predicted molar refractivity (Wildman–Crippen MR) is 80.0 cm³/mol. The number of aldehydes is 1. The number of hydrogen-bond acceptors (Lipinski definition) is 12. The first-order valence-electron chi connectivity index (χ1n) is 6.29. The molecule has 0 aliphatic heterocycles. The predicted octanol–water partition coefficient (Wildman–Crippen LogP) is -3.75. The molecule has 1 amide bonds. The number of nitrogens with one attached hydrogen (secondary N) is 1. The summed E-state index contributed by atoms with van der Waals surface area (Å²) in [6, 6.07) is -2.10. The van der Waals surface area contributed by atoms with Crippen molar-refractivity contribution in [2.45, 2.75) is 31.3 Å². The first-order valence-corrected chi connectivity index (χ1v) is 10.4. The summed E-state index contributed by atoms with van der Waals surface area (Å²) in [6.07, 6.45) is -7.93. The Balaban J connectivity index is 6.06. The van der Waals surface area contributed by atoms with Gasteiger partial charge in [0.25, 0.3) is 0 Å². The molecule has 0 radical (unpaired) electrons. The lowest BCUT2D eigenvalue weighted by Gasteiger charge is -2.31. The van der Waals surface area contributed by atoms with Crippen molar-refractivity contribution < 1.29 is 66.2 Å². The number of carbonyl (C=O) groups excluding carboxylic acids is 2. The topological polar surface area (TPSA) is 257 Å². The van der Waals surface area contributed by atoms with Gasteiger partial charge in [0, 0.05) is 6.92 Å². The van der Waals surface area contributed by atoms with Crippen LogP contribution in [0.1, 0.15) is 6.92 Å². The molecule has 0 aliphatic carbocycles. The molecule has 0 bridgehead atoms. The van der Waals surface area contributed by atoms with Gasteiger partial charge in [-0.15, -0.1) is 0 Å². The fourth-order valence-electron chi connectivity index (χ4n) is 1.62. The number of hydrogen-bond donors (Lipinski definition) is 5. The zero-order valence-corrected chi connectivity index (χ0v) is 15.5. The number of aliphatic hydroxyl groups excluding tert-OH is 1. The van der Waals surface area contributed by atoms with Crippen molar-refractivity contribution in [1.82, 2.24) is 5.32 Å². The second kappa shape index (κ2) is 9.77. The second-order valence-corrected chi connectivity index (χ2v) is 7.81. The average molecular weight is 461 g/mol. The smallest absolute Gasteiger partial charge is 0.388 e. The van der Waals surface area contributed by atoms with E-state index in [1.165, 1.54) is 0 Å². The minimum Gasteiger partial charge on any atom is -0.388 e. The van der Waals surface area contributed by atoms with Crippen LogP contribution >= 0.6 is 0 Å². The van der Waals surface area contributed by atoms with Crippen LogP contribution in [0.2, 0.25) is 0 Å². The molecule has 16 nitrogen and oxygen atoms in total. The van der Waals surface area contributed by atoms with Gasteiger partial charge in [-0.1, -0.05) is 0 Å². The molecule has 160 valence electrons. The van der Waals surface area contributed by atoms with E-state index in [1.54, 1.807) is 5.32 Å². The first-order chi connectivity index (χ1) is 11.9. The molecule has 0 fully saturated rings. The molecule has 0 unspecified atom stereocenters. The van der Waals surface area contributed by atoms with Gasteiger partial charge in [0.2, 0.25) is 5.91 Å². The molecular weight excluding hydrogens is 446 g/mol. The molecule has 0 spiro atoms. The Labute approximate surface area is 153 Å². The zero-order chi connectivity index (χ0) is 21.6. The summed E-state index contributed by atoms with van der Waals surface area (Å²) in [5, 5.41) is 11.6. The molecule has 27 heavy (non-hydrogen) atoms. The van der Waals surface area contributed by atoms with Gasteiger partial charge in [-0.2, -0.15) is 25.3 Å². The van der Waals surface area contributed by atoms with Gasteiger partial charge in [-0.3, -0.25) is 18.5 Å². The first kappa shape index (κ1) is 25.7. The molecule has 0 heterocycles. The highest BCUT2D eigenvalue weighted by Gasteiger charge is 2.42. The summed E-state index contributed by atoms with van der Waals surface area (Å²) in [4.78, 5) is 22.2. The SMILES string of the molecule is CC(=O)N[C@@H](C=O)[C@@H](OS(=O)(=O)O)[C@@H](OS(=O)(=O)O)[C@H](O)COS(=O)(=O)O. The molecule has 0 aromatic heterocycles. The van der Waals surface area contributed by atoms with Crippen molar-refractivity contribution in [2.75, 3.05) is 6.61 Å². The summed E-state index contributed by atoms with van der Waals surface area (Å²) >= 11 is 0. The van der Waals surface area contributed by atoms with Gasteiger partial charge in [0.15, 0.2) is 0 Å². The third kappa shape index (κ3) is 11.9. The van der Waals surface area contributed by atoms with E-state index >= 15 is 0 Å². The summed E-state index contributed by atoms with van der Waals surface area (Å²) < 4.78 is 102. The van der Waals surface area contributed by atoms with E-state index in [1.807, 2.05) is 0 Å². The Hall–Kier alpha value is -1.29. The molecule has 4 atom stereocenters. The van der Waals surface area contributed by atoms with E-state index in [9.17, 15) is 39.9 Å². The molecular formula is C8H15NO15S3. The molecule has 19 heteroatoms. The van der Waals surface area contributed by atoms with Gasteiger partial charge >= 0.3 is 31.2 Å². The van der Waals surface area contributed by atoms with Crippen LogP contribution in [0.3, 0.4) is 0 Å². The highest BCUT2D eigenvalue weighted by atomic mass is 32.3. The lowest BCUT2D eigenvalue weighted by atomic mass is 10.0. The molecule has 0 aromatic rings. The van der Waals surface area contributed by atoms with Crippen molar-refractivity contribution in [3.05, 3.63) is 0 Å². The maximum absolute atomic E-state index is 11.1. The van der Waals surface area contributed by atoms with Crippen LogP contribution in [0.5, 0.6) is 0 Å². The molecule has 5 N–H and O–H groups in total. The Bertz CT molecular complexity index is 830. The van der Waals surface area contributed by atoms with E-state index in [2.05, 4.69) is 12.5 Å². The molecule has 0 aromatic carbocycles. The van der Waals surface area contributed by atoms with E-state index in [0.29, 0.717) is 0 Å². The summed E-state index contributed by atoms with van der Waals surface area (Å²) in [5.74, 6) is -0.995. The Kier molecular flexibility index (Phi) is 9.30. The third-order valence-corrected chi connectivity index (χ3v) is 3.79. The van der Waals surface area contributed by atoms with Gasteiger partial charge in [-0.25, -0.2) is 12.5 Å². The normalized spacial score (nSPS) is 17.5. The van der Waals surface area contributed by atoms with Crippen LogP contribution in [0.4, 0.5) is 0 Å². The van der Waals surface area contributed by atoms with E-state index in [0.717, 1.165) is 6.92 Å². The number of aliphatic hydroxyl groups is 1. The van der Waals surface area contributed by atoms with Crippen molar-refractivity contribution in [3.63, 3.8) is 0 Å². The minimum atomic E-state index is -5.51. The van der Waals surface area contributed by atoms with Crippen molar-refractivity contribution in [3.8, 4) is 0 Å². The maximum Gasteiger partial charge on any atom is 0.397 e. The van der Waals surface area contributed by atoms with Crippen LogP contribution in [0.25, 0.3) is 0 Å². The largest absolute Gasteiger partial charge is 0.397 e. The average Bonchev–Trinajstić information content (AvgIpc) is 2.43. The van der Waals surface area contributed by atoms with Crippen molar-refractivity contribution in [1.29, 1.82) is 0 Å². The van der Waals surface area contributed by atoms with Gasteiger partial charge in [0.05, 0.1) is 6.61 Å². The quantitative estimate of drug-likeness (QED) is 0.138. The van der Waals surface area contributed by atoms with Gasteiger partial charge in [-0.05, 0) is 0 Å². The van der Waals surface area contributed by atoms with Crippen molar-refractivity contribution >= 4 is 43.4 Å². The molecule has 0 rings (SSSR count). The molecule has 0 saturated heterocycles. The molecule has 0 aliphatic rings. The highest BCUT2D eigenvalue weighted by Crippen LogP contribution is 2.18. The maximum atomic E-state index is 11.1. The van der Waals surface area contributed by atoms with E-state index in [-0.39, 0.29) is 6.29 Å². The van der Waals surface area contributed by atoms with E-state index < -0.39 is 68.1 Å². The summed E-state index contributed by atoms with van der Waals surface area (Å²) in [5.41, 5.74) is 0. The zero-order valence-electron chi connectivity index (χ0n) is 13.1. The van der Waals surface area contributed by atoms with Crippen LogP contribution in [0, 0.1) is 0 Å². The van der Waals surface area contributed by atoms with Crippen LogP contribution in [-0.4, -0.2) is 87.2 Å². The van der Waals surface area contributed by atoms with Gasteiger partial charge < -0.3 is 15.2 Å². The Morgan fingerprint density at radius 3 is 1.74 bits per heavy atom. The molecule has 0 saturated carbocycles. The summed E-state index contributed by atoms with van der Waals surface area (Å²) in [6.45, 7) is -0.659. The lowest BCUT2D eigenvalue weighted by Crippen LogP contribution is -2.56. The monoisotopic (exact) mass is 461 g/mol. The third-order valence-electron chi connectivity index (χ3n) is 2.43. The van der Waals surface area contributed by atoms with Gasteiger partial charge in [0.1, 0.15) is 30.6 Å². The number of carbonyl (C=O) groups is 2. The standard InChI is InChI=1S/C8H15NO15S3/c1-4(11)9-5(2-10)7(23-26(16,17)18)8(24-27(19,20)21)6(12)3-22-25(13,14)15/h2,5-8,12H,3H2,1H3,(H,9,11)(H,13,14,15)(H,16,17,18)(H,19,20,21)/t5-,6+,7+,8-/m0/s1. The van der Waals surface area contributed by atoms with Crippen LogP contribution in [0.15, 0.2) is 0 Å². The lowest BCUT2D eigenvalue weighted by molar-refractivity contribution is -0.127. The fourth-order valence-corrected chi connectivity index (χ4v) is 2.96. The fraction of sp³-hybridized carbons (Fsp3) is 0.750. The second-order valence-electron chi connectivity index (χ2n) is 4.62. The Morgan fingerprint density at radius 2 is 1.41 bits per heavy atom. The van der Waals surface area contributed by atoms with Crippen LogP contribution < -0.4 is 5.32 Å². The number of amides is 1. The minimum absolute atomic E-state index is 0.214. The summed E-state index contributed by atoms with van der Waals surface area (Å²) in [7, 11) is -16.2. The van der Waals surface area contributed by atoms with E-state index in [4.69, 9.17) is 13.7 Å².